The number of carbonyl (C=O) groups is 1. The third kappa shape index (κ3) is 5.13. The van der Waals surface area contributed by atoms with E-state index in [1.165, 1.54) is 17.0 Å². The van der Waals surface area contributed by atoms with E-state index in [1.807, 2.05) is 19.9 Å². The van der Waals surface area contributed by atoms with E-state index in [2.05, 4.69) is 32.2 Å². The highest BCUT2D eigenvalue weighted by Crippen LogP contribution is 2.33. The van der Waals surface area contributed by atoms with Crippen molar-refractivity contribution in [3.63, 3.8) is 0 Å². The number of hydrogen-bond acceptors (Lipinski definition) is 4. The molecule has 0 spiro atoms. The van der Waals surface area contributed by atoms with E-state index >= 15 is 0 Å². The van der Waals surface area contributed by atoms with E-state index in [0.717, 1.165) is 23.4 Å². The molecule has 5 rings (SSSR count). The van der Waals surface area contributed by atoms with Crippen LogP contribution in [0.3, 0.4) is 0 Å². The number of nitrogens with one attached hydrogen (secondary N) is 1. The van der Waals surface area contributed by atoms with Gasteiger partial charge in [0.15, 0.2) is 5.65 Å². The number of anilines is 1. The minimum Gasteiger partial charge on any atom is -0.322 e. The van der Waals surface area contributed by atoms with Crippen molar-refractivity contribution in [1.29, 1.82) is 0 Å². The molecule has 0 saturated carbocycles. The predicted octanol–water partition coefficient (Wildman–Crippen LogP) is 5.46. The van der Waals surface area contributed by atoms with Gasteiger partial charge >= 0.3 is 6.18 Å². The standard InChI is InChI=1S/C28H21F3N6O/c1-3-22-16-36(17-33-22)25-13-21(28(29,30)31)12-23(14-25)35-27(38)20-7-6-18(2)19(11-20)8-9-24-15-32-26-5-4-10-34-37(24)26/h4-7,10-17H,3H2,1-2H3,(H,35,38). The number of hydrogen-bond donors (Lipinski definition) is 1. The first kappa shape index (κ1) is 24.8. The van der Waals surface area contributed by atoms with E-state index in [9.17, 15) is 18.0 Å². The number of halogens is 3. The van der Waals surface area contributed by atoms with Gasteiger partial charge in [0, 0.05) is 34.9 Å². The summed E-state index contributed by atoms with van der Waals surface area (Å²) in [5, 5.41) is 6.83. The molecule has 1 N–H and O–H groups in total. The summed E-state index contributed by atoms with van der Waals surface area (Å²) in [4.78, 5) is 21.5. The number of imidazole rings is 2. The lowest BCUT2D eigenvalue weighted by molar-refractivity contribution is -0.137. The summed E-state index contributed by atoms with van der Waals surface area (Å²) in [6, 6.07) is 11.9. The molecule has 1 amide bonds. The van der Waals surface area contributed by atoms with E-state index in [4.69, 9.17) is 0 Å². The Morgan fingerprint density at radius 2 is 1.92 bits per heavy atom. The molecule has 38 heavy (non-hydrogen) atoms. The average Bonchev–Trinajstić information content (AvgIpc) is 3.55. The van der Waals surface area contributed by atoms with E-state index in [-0.39, 0.29) is 16.9 Å². The number of aryl methyl sites for hydroxylation is 2. The highest BCUT2D eigenvalue weighted by molar-refractivity contribution is 6.04. The Balaban J connectivity index is 1.44. The van der Waals surface area contributed by atoms with Gasteiger partial charge < -0.3 is 9.88 Å². The molecule has 0 aliphatic heterocycles. The molecule has 0 unspecified atom stereocenters. The molecule has 0 aliphatic carbocycles. The van der Waals surface area contributed by atoms with Crippen molar-refractivity contribution in [2.24, 2.45) is 0 Å². The second-order valence-corrected chi connectivity index (χ2v) is 8.56. The summed E-state index contributed by atoms with van der Waals surface area (Å²) in [7, 11) is 0. The second kappa shape index (κ2) is 9.86. The van der Waals surface area contributed by atoms with Gasteiger partial charge in [0.25, 0.3) is 5.91 Å². The Bertz CT molecular complexity index is 1720. The summed E-state index contributed by atoms with van der Waals surface area (Å²) in [6.45, 7) is 3.76. The van der Waals surface area contributed by atoms with Crippen LogP contribution in [0.4, 0.5) is 18.9 Å². The Kier molecular flexibility index (Phi) is 6.43. The number of amides is 1. The van der Waals surface area contributed by atoms with Gasteiger partial charge in [0.2, 0.25) is 0 Å². The fourth-order valence-electron chi connectivity index (χ4n) is 3.83. The first-order valence-corrected chi connectivity index (χ1v) is 11.7. The minimum absolute atomic E-state index is 0.0107. The van der Waals surface area contributed by atoms with Crippen molar-refractivity contribution in [2.45, 2.75) is 26.4 Å². The number of carbonyl (C=O) groups excluding carboxylic acids is 1. The number of rotatable bonds is 4. The van der Waals surface area contributed by atoms with Gasteiger partial charge in [-0.1, -0.05) is 18.9 Å². The molecule has 3 heterocycles. The number of benzene rings is 2. The monoisotopic (exact) mass is 514 g/mol. The fourth-order valence-corrected chi connectivity index (χ4v) is 3.83. The van der Waals surface area contributed by atoms with Crippen LogP contribution < -0.4 is 5.32 Å². The molecule has 3 aromatic heterocycles. The Morgan fingerprint density at radius 1 is 1.08 bits per heavy atom. The van der Waals surface area contributed by atoms with Crippen LogP contribution in [-0.4, -0.2) is 30.1 Å². The lowest BCUT2D eigenvalue weighted by Crippen LogP contribution is -2.14. The summed E-state index contributed by atoms with van der Waals surface area (Å²) in [6.07, 6.45) is 2.39. The minimum atomic E-state index is -4.59. The summed E-state index contributed by atoms with van der Waals surface area (Å²) in [5.74, 6) is 5.50. The average molecular weight is 515 g/mol. The molecule has 7 nitrogen and oxygen atoms in total. The first-order valence-electron chi connectivity index (χ1n) is 11.7. The molecule has 0 aliphatic rings. The Hall–Kier alpha value is -4.91. The maximum atomic E-state index is 13.6. The van der Waals surface area contributed by atoms with Crippen molar-refractivity contribution in [1.82, 2.24) is 24.1 Å². The summed E-state index contributed by atoms with van der Waals surface area (Å²) in [5.41, 5.74) is 3.03. The van der Waals surface area contributed by atoms with Crippen molar-refractivity contribution in [3.8, 4) is 17.5 Å². The van der Waals surface area contributed by atoms with Gasteiger partial charge in [0.05, 0.1) is 23.8 Å². The van der Waals surface area contributed by atoms with Gasteiger partial charge in [0.1, 0.15) is 5.69 Å². The Labute approximate surface area is 216 Å². The van der Waals surface area contributed by atoms with Gasteiger partial charge in [-0.3, -0.25) is 4.79 Å². The molecule has 0 atom stereocenters. The molecule has 2 aromatic carbocycles. The third-order valence-electron chi connectivity index (χ3n) is 5.90. The summed E-state index contributed by atoms with van der Waals surface area (Å²) < 4.78 is 44.0. The van der Waals surface area contributed by atoms with Gasteiger partial charge in [-0.15, -0.1) is 0 Å². The third-order valence-corrected chi connectivity index (χ3v) is 5.90. The number of aromatic nitrogens is 5. The molecule has 0 saturated heterocycles. The maximum Gasteiger partial charge on any atom is 0.416 e. The molecular formula is C28H21F3N6O. The van der Waals surface area contributed by atoms with Crippen molar-refractivity contribution >= 4 is 17.2 Å². The van der Waals surface area contributed by atoms with Gasteiger partial charge in [-0.2, -0.15) is 18.3 Å². The lowest BCUT2D eigenvalue weighted by atomic mass is 10.0. The van der Waals surface area contributed by atoms with Crippen LogP contribution in [0.15, 0.2) is 73.4 Å². The molecular weight excluding hydrogens is 493 g/mol. The largest absolute Gasteiger partial charge is 0.416 e. The normalized spacial score (nSPS) is 11.3. The smallest absolute Gasteiger partial charge is 0.322 e. The van der Waals surface area contributed by atoms with Crippen LogP contribution in [0.5, 0.6) is 0 Å². The SMILES string of the molecule is CCc1cn(-c2cc(NC(=O)c3ccc(C)c(C#Cc4cnc5cccnn45)c3)cc(C(F)(F)F)c2)cn1. The van der Waals surface area contributed by atoms with E-state index < -0.39 is 17.6 Å². The van der Waals surface area contributed by atoms with Gasteiger partial charge in [-0.05, 0) is 67.3 Å². The topological polar surface area (TPSA) is 77.1 Å². The fraction of sp³-hybridized carbons (Fsp3) is 0.143. The van der Waals surface area contributed by atoms with E-state index in [0.29, 0.717) is 23.3 Å². The van der Waals surface area contributed by atoms with Crippen LogP contribution in [0.1, 0.15) is 45.4 Å². The van der Waals surface area contributed by atoms with Crippen LogP contribution in [0, 0.1) is 18.8 Å². The lowest BCUT2D eigenvalue weighted by Gasteiger charge is -2.14. The first-order chi connectivity index (χ1) is 18.2. The van der Waals surface area contributed by atoms with Crippen LogP contribution in [-0.2, 0) is 12.6 Å². The predicted molar refractivity (Wildman–Crippen MR) is 136 cm³/mol. The molecule has 10 heteroatoms. The van der Waals surface area contributed by atoms with Crippen LogP contribution in [0.2, 0.25) is 0 Å². The highest BCUT2D eigenvalue weighted by Gasteiger charge is 2.31. The zero-order chi connectivity index (χ0) is 26.9. The maximum absolute atomic E-state index is 13.6. The molecule has 190 valence electrons. The number of fused-ring (bicyclic) bond motifs is 1. The number of alkyl halides is 3. The second-order valence-electron chi connectivity index (χ2n) is 8.56. The molecule has 0 bridgehead atoms. The van der Waals surface area contributed by atoms with Crippen molar-refractivity contribution < 1.29 is 18.0 Å². The van der Waals surface area contributed by atoms with Gasteiger partial charge in [-0.25, -0.2) is 14.5 Å². The molecule has 5 aromatic rings. The van der Waals surface area contributed by atoms with Crippen LogP contribution in [0.25, 0.3) is 11.3 Å². The Morgan fingerprint density at radius 3 is 2.68 bits per heavy atom. The van der Waals surface area contributed by atoms with E-state index in [1.54, 1.807) is 47.4 Å². The molecule has 0 fully saturated rings. The molecule has 0 radical (unpaired) electrons. The zero-order valence-electron chi connectivity index (χ0n) is 20.4. The zero-order valence-corrected chi connectivity index (χ0v) is 20.4. The van der Waals surface area contributed by atoms with Crippen LogP contribution >= 0.6 is 0 Å². The highest BCUT2D eigenvalue weighted by atomic mass is 19.4. The van der Waals surface area contributed by atoms with Crippen molar-refractivity contribution in [2.75, 3.05) is 5.32 Å². The quantitative estimate of drug-likeness (QED) is 0.323. The van der Waals surface area contributed by atoms with Crippen molar-refractivity contribution in [3.05, 3.63) is 107 Å². The number of nitrogens with zero attached hydrogens (tertiary/aromatic N) is 5. The summed E-state index contributed by atoms with van der Waals surface area (Å²) >= 11 is 0.